The largest absolute Gasteiger partial charge is 0.378 e. The Labute approximate surface area is 105 Å². The Morgan fingerprint density at radius 2 is 1.82 bits per heavy atom. The van der Waals surface area contributed by atoms with E-state index in [-0.39, 0.29) is 5.41 Å². The minimum Gasteiger partial charge on any atom is -0.378 e. The summed E-state index contributed by atoms with van der Waals surface area (Å²) in [6.45, 7) is 8.08. The lowest BCUT2D eigenvalue weighted by atomic mass is 9.91. The Morgan fingerprint density at radius 3 is 2.29 bits per heavy atom. The molecule has 0 amide bonds. The van der Waals surface area contributed by atoms with Crippen molar-refractivity contribution >= 4 is 17.6 Å². The van der Waals surface area contributed by atoms with Crippen LogP contribution in [0.4, 0.5) is 11.4 Å². The lowest BCUT2D eigenvalue weighted by Gasteiger charge is -2.16. The number of allylic oxidation sites excluding steroid dienone is 1. The van der Waals surface area contributed by atoms with Gasteiger partial charge in [0.15, 0.2) is 0 Å². The average Bonchev–Trinajstić information content (AvgIpc) is 2.27. The Hall–Kier alpha value is -1.57. The highest BCUT2D eigenvalue weighted by Gasteiger charge is 2.11. The second-order valence-corrected chi connectivity index (χ2v) is 5.15. The van der Waals surface area contributed by atoms with E-state index in [9.17, 15) is 0 Å². The first kappa shape index (κ1) is 13.5. The molecule has 0 saturated heterocycles. The molecular formula is C15H22N2. The van der Waals surface area contributed by atoms with Gasteiger partial charge in [-0.05, 0) is 30.7 Å². The van der Waals surface area contributed by atoms with Crippen LogP contribution in [-0.4, -0.2) is 20.3 Å². The first-order valence-electron chi connectivity index (χ1n) is 5.88. The number of hydrogen-bond acceptors (Lipinski definition) is 2. The molecule has 17 heavy (non-hydrogen) atoms. The van der Waals surface area contributed by atoms with E-state index in [0.29, 0.717) is 0 Å². The van der Waals surface area contributed by atoms with Crippen LogP contribution in [0.25, 0.3) is 0 Å². The maximum atomic E-state index is 4.51. The molecule has 0 bridgehead atoms. The molecule has 0 atom stereocenters. The third-order valence-electron chi connectivity index (χ3n) is 2.60. The number of rotatable bonds is 5. The van der Waals surface area contributed by atoms with Gasteiger partial charge in [0.1, 0.15) is 0 Å². The number of nitrogens with zero attached hydrogens (tertiary/aromatic N) is 2. The van der Waals surface area contributed by atoms with Gasteiger partial charge in [0.05, 0.1) is 5.69 Å². The summed E-state index contributed by atoms with van der Waals surface area (Å²) in [7, 11) is 4.07. The van der Waals surface area contributed by atoms with Crippen molar-refractivity contribution in [2.45, 2.75) is 20.3 Å². The van der Waals surface area contributed by atoms with Crippen molar-refractivity contribution in [3.05, 3.63) is 36.9 Å². The molecule has 92 valence electrons. The quantitative estimate of drug-likeness (QED) is 0.550. The summed E-state index contributed by atoms with van der Waals surface area (Å²) in [4.78, 5) is 6.58. The van der Waals surface area contributed by atoms with Crippen LogP contribution < -0.4 is 4.90 Å². The fraction of sp³-hybridized carbons (Fsp3) is 0.400. The molecule has 0 saturated carbocycles. The van der Waals surface area contributed by atoms with E-state index in [1.807, 2.05) is 38.5 Å². The van der Waals surface area contributed by atoms with Crippen LogP contribution in [0, 0.1) is 5.41 Å². The van der Waals surface area contributed by atoms with E-state index in [2.05, 4.69) is 42.5 Å². The molecule has 0 aliphatic heterocycles. The van der Waals surface area contributed by atoms with Crippen molar-refractivity contribution in [1.82, 2.24) is 0 Å². The molecule has 0 fully saturated rings. The van der Waals surface area contributed by atoms with Crippen molar-refractivity contribution in [3.63, 3.8) is 0 Å². The molecule has 0 unspecified atom stereocenters. The monoisotopic (exact) mass is 230 g/mol. The molecule has 0 heterocycles. The summed E-state index contributed by atoms with van der Waals surface area (Å²) in [5, 5.41) is 0. The van der Waals surface area contributed by atoms with Gasteiger partial charge in [0.25, 0.3) is 0 Å². The van der Waals surface area contributed by atoms with Crippen molar-refractivity contribution in [2.75, 3.05) is 19.0 Å². The summed E-state index contributed by atoms with van der Waals surface area (Å²) in [5.74, 6) is 0. The summed E-state index contributed by atoms with van der Waals surface area (Å²) < 4.78 is 0. The second kappa shape index (κ2) is 5.67. The molecule has 0 aliphatic carbocycles. The van der Waals surface area contributed by atoms with Crippen LogP contribution in [-0.2, 0) is 0 Å². The predicted octanol–water partition coefficient (Wildman–Crippen LogP) is 4.06. The van der Waals surface area contributed by atoms with Crippen LogP contribution in [0.2, 0.25) is 0 Å². The number of benzene rings is 1. The van der Waals surface area contributed by atoms with Gasteiger partial charge in [-0.15, -0.1) is 6.58 Å². The van der Waals surface area contributed by atoms with Crippen molar-refractivity contribution < 1.29 is 0 Å². The van der Waals surface area contributed by atoms with Gasteiger partial charge in [-0.3, -0.25) is 4.99 Å². The minimum atomic E-state index is 0.0714. The van der Waals surface area contributed by atoms with Gasteiger partial charge in [0, 0.05) is 31.4 Å². The first-order valence-corrected chi connectivity index (χ1v) is 5.88. The van der Waals surface area contributed by atoms with Gasteiger partial charge >= 0.3 is 0 Å². The molecule has 2 nitrogen and oxygen atoms in total. The van der Waals surface area contributed by atoms with Crippen LogP contribution >= 0.6 is 0 Å². The van der Waals surface area contributed by atoms with Crippen molar-refractivity contribution in [2.24, 2.45) is 10.4 Å². The molecule has 0 radical (unpaired) electrons. The zero-order valence-electron chi connectivity index (χ0n) is 11.3. The fourth-order valence-corrected chi connectivity index (χ4v) is 1.51. The summed E-state index contributed by atoms with van der Waals surface area (Å²) in [5.41, 5.74) is 2.25. The zero-order valence-corrected chi connectivity index (χ0v) is 11.3. The topological polar surface area (TPSA) is 15.6 Å². The van der Waals surface area contributed by atoms with Crippen LogP contribution in [0.5, 0.6) is 0 Å². The standard InChI is InChI=1S/C15H22N2/c1-6-11-15(2,3)12-16-13-7-9-14(10-8-13)17(4)5/h6-10,12H,1,11H2,2-5H3. The van der Waals surface area contributed by atoms with E-state index in [1.165, 1.54) is 5.69 Å². The Morgan fingerprint density at radius 1 is 1.24 bits per heavy atom. The first-order chi connectivity index (χ1) is 7.94. The zero-order chi connectivity index (χ0) is 12.9. The third-order valence-corrected chi connectivity index (χ3v) is 2.60. The number of aliphatic imine (C=N–C) groups is 1. The maximum absolute atomic E-state index is 4.51. The Bertz CT molecular complexity index is 386. The Balaban J connectivity index is 2.75. The highest BCUT2D eigenvalue weighted by molar-refractivity contribution is 5.69. The van der Waals surface area contributed by atoms with E-state index >= 15 is 0 Å². The highest BCUT2D eigenvalue weighted by Crippen LogP contribution is 2.22. The molecular weight excluding hydrogens is 208 g/mol. The molecule has 1 aromatic rings. The van der Waals surface area contributed by atoms with Crippen LogP contribution in [0.1, 0.15) is 20.3 Å². The van der Waals surface area contributed by atoms with Crippen molar-refractivity contribution in [3.8, 4) is 0 Å². The molecule has 1 aromatic carbocycles. The summed E-state index contributed by atoms with van der Waals surface area (Å²) >= 11 is 0. The second-order valence-electron chi connectivity index (χ2n) is 5.15. The van der Waals surface area contributed by atoms with Gasteiger partial charge in [-0.1, -0.05) is 19.9 Å². The van der Waals surface area contributed by atoms with E-state index in [1.54, 1.807) is 0 Å². The smallest absolute Gasteiger partial charge is 0.0627 e. The molecule has 0 aromatic heterocycles. The van der Waals surface area contributed by atoms with Crippen LogP contribution in [0.15, 0.2) is 41.9 Å². The normalized spacial score (nSPS) is 11.8. The highest BCUT2D eigenvalue weighted by atomic mass is 15.1. The van der Waals surface area contributed by atoms with E-state index in [4.69, 9.17) is 0 Å². The van der Waals surface area contributed by atoms with Gasteiger partial charge in [-0.2, -0.15) is 0 Å². The fourth-order valence-electron chi connectivity index (χ4n) is 1.51. The summed E-state index contributed by atoms with van der Waals surface area (Å²) in [6, 6.07) is 8.23. The van der Waals surface area contributed by atoms with Crippen molar-refractivity contribution in [1.29, 1.82) is 0 Å². The molecule has 0 aliphatic rings. The molecule has 0 N–H and O–H groups in total. The minimum absolute atomic E-state index is 0.0714. The van der Waals surface area contributed by atoms with Crippen LogP contribution in [0.3, 0.4) is 0 Å². The SMILES string of the molecule is C=CCC(C)(C)C=Nc1ccc(N(C)C)cc1. The number of hydrogen-bond donors (Lipinski definition) is 0. The molecule has 0 spiro atoms. The molecule has 2 heteroatoms. The molecule has 1 rings (SSSR count). The van der Waals surface area contributed by atoms with E-state index in [0.717, 1.165) is 12.1 Å². The Kier molecular flexibility index (Phi) is 4.50. The third kappa shape index (κ3) is 4.43. The summed E-state index contributed by atoms with van der Waals surface area (Å²) in [6.07, 6.45) is 4.87. The van der Waals surface area contributed by atoms with Gasteiger partial charge < -0.3 is 4.90 Å². The van der Waals surface area contributed by atoms with Gasteiger partial charge in [-0.25, -0.2) is 0 Å². The predicted molar refractivity (Wildman–Crippen MR) is 77.5 cm³/mol. The average molecular weight is 230 g/mol. The lowest BCUT2D eigenvalue weighted by molar-refractivity contribution is 0.546. The number of anilines is 1. The maximum Gasteiger partial charge on any atom is 0.0627 e. The lowest BCUT2D eigenvalue weighted by Crippen LogP contribution is -2.11. The van der Waals surface area contributed by atoms with E-state index < -0.39 is 0 Å². The van der Waals surface area contributed by atoms with Gasteiger partial charge in [0.2, 0.25) is 0 Å².